The lowest BCUT2D eigenvalue weighted by atomic mass is 10.1. The summed E-state index contributed by atoms with van der Waals surface area (Å²) in [5, 5.41) is 0.735. The van der Waals surface area contributed by atoms with Crippen molar-refractivity contribution >= 4 is 11.6 Å². The van der Waals surface area contributed by atoms with Gasteiger partial charge >= 0.3 is 0 Å². The van der Waals surface area contributed by atoms with Crippen molar-refractivity contribution in [2.24, 2.45) is 5.73 Å². The Kier molecular flexibility index (Phi) is 4.46. The molecular weight excluding hydrogens is 258 g/mol. The van der Waals surface area contributed by atoms with E-state index >= 15 is 0 Å². The zero-order valence-corrected chi connectivity index (χ0v) is 11.9. The smallest absolute Gasteiger partial charge is 0.124 e. The molecule has 3 heteroatoms. The Morgan fingerprint density at radius 2 is 1.95 bits per heavy atom. The molecule has 0 fully saturated rings. The summed E-state index contributed by atoms with van der Waals surface area (Å²) in [6.45, 7) is 4.41. The highest BCUT2D eigenvalue weighted by molar-refractivity contribution is 6.31. The van der Waals surface area contributed by atoms with Crippen LogP contribution in [0, 0.1) is 6.92 Å². The Labute approximate surface area is 119 Å². The maximum absolute atomic E-state index is 6.19. The van der Waals surface area contributed by atoms with Crippen molar-refractivity contribution in [3.63, 3.8) is 0 Å². The van der Waals surface area contributed by atoms with Gasteiger partial charge in [0, 0.05) is 22.2 Å². The van der Waals surface area contributed by atoms with E-state index in [0.717, 1.165) is 27.5 Å². The van der Waals surface area contributed by atoms with Crippen LogP contribution in [0.2, 0.25) is 5.02 Å². The SMILES string of the molecule is Cc1ccc(COc2ccccc2C(C)N)c(Cl)c1. The first-order valence-corrected chi connectivity index (χ1v) is 6.68. The standard InChI is InChI=1S/C16H18ClNO/c1-11-7-8-13(15(17)9-11)10-19-16-6-4-3-5-14(16)12(2)18/h3-9,12H,10,18H2,1-2H3. The van der Waals surface area contributed by atoms with Gasteiger partial charge in [-0.1, -0.05) is 41.9 Å². The van der Waals surface area contributed by atoms with Gasteiger partial charge in [0.1, 0.15) is 12.4 Å². The van der Waals surface area contributed by atoms with Crippen molar-refractivity contribution in [1.82, 2.24) is 0 Å². The molecule has 0 amide bonds. The van der Waals surface area contributed by atoms with Crippen molar-refractivity contribution in [2.75, 3.05) is 0 Å². The maximum Gasteiger partial charge on any atom is 0.124 e. The molecule has 0 radical (unpaired) electrons. The highest BCUT2D eigenvalue weighted by Crippen LogP contribution is 2.25. The molecule has 0 bridgehead atoms. The summed E-state index contributed by atoms with van der Waals surface area (Å²) < 4.78 is 5.84. The van der Waals surface area contributed by atoms with Crippen LogP contribution in [0.5, 0.6) is 5.75 Å². The van der Waals surface area contributed by atoms with Crippen LogP contribution in [-0.2, 0) is 6.61 Å². The Hall–Kier alpha value is -1.51. The first-order valence-electron chi connectivity index (χ1n) is 6.30. The quantitative estimate of drug-likeness (QED) is 0.905. The number of halogens is 1. The number of ether oxygens (including phenoxy) is 1. The minimum Gasteiger partial charge on any atom is -0.489 e. The van der Waals surface area contributed by atoms with Crippen LogP contribution >= 0.6 is 11.6 Å². The first kappa shape index (κ1) is 13.9. The molecule has 1 unspecified atom stereocenters. The first-order chi connectivity index (χ1) is 9.08. The average molecular weight is 276 g/mol. The van der Waals surface area contributed by atoms with Crippen LogP contribution in [0.1, 0.15) is 29.7 Å². The monoisotopic (exact) mass is 275 g/mol. The molecule has 0 saturated heterocycles. The second-order valence-electron chi connectivity index (χ2n) is 4.71. The predicted octanol–water partition coefficient (Wildman–Crippen LogP) is 4.25. The molecule has 1 atom stereocenters. The Bertz CT molecular complexity index is 566. The summed E-state index contributed by atoms with van der Waals surface area (Å²) in [7, 11) is 0. The minimum atomic E-state index is -0.0512. The second-order valence-corrected chi connectivity index (χ2v) is 5.12. The summed E-state index contributed by atoms with van der Waals surface area (Å²) in [6.07, 6.45) is 0. The lowest BCUT2D eigenvalue weighted by Gasteiger charge is -2.14. The zero-order valence-electron chi connectivity index (χ0n) is 11.2. The van der Waals surface area contributed by atoms with E-state index in [1.807, 2.05) is 56.3 Å². The van der Waals surface area contributed by atoms with Crippen LogP contribution in [0.15, 0.2) is 42.5 Å². The summed E-state index contributed by atoms with van der Waals surface area (Å²) in [5.41, 5.74) is 9.05. The van der Waals surface area contributed by atoms with Crippen LogP contribution < -0.4 is 10.5 Å². The van der Waals surface area contributed by atoms with Crippen molar-refractivity contribution < 1.29 is 4.74 Å². The van der Waals surface area contributed by atoms with Gasteiger partial charge < -0.3 is 10.5 Å². The molecule has 2 aromatic carbocycles. The molecule has 0 aliphatic carbocycles. The lowest BCUT2D eigenvalue weighted by Crippen LogP contribution is -2.08. The minimum absolute atomic E-state index is 0.0512. The third-order valence-corrected chi connectivity index (χ3v) is 3.35. The van der Waals surface area contributed by atoms with E-state index in [0.29, 0.717) is 6.61 Å². The van der Waals surface area contributed by atoms with Crippen LogP contribution in [0.4, 0.5) is 0 Å². The van der Waals surface area contributed by atoms with Gasteiger partial charge in [0.25, 0.3) is 0 Å². The summed E-state index contributed by atoms with van der Waals surface area (Å²) in [4.78, 5) is 0. The van der Waals surface area contributed by atoms with Gasteiger partial charge in [0.15, 0.2) is 0 Å². The number of para-hydroxylation sites is 1. The summed E-state index contributed by atoms with van der Waals surface area (Å²) >= 11 is 6.19. The fourth-order valence-corrected chi connectivity index (χ4v) is 2.20. The van der Waals surface area contributed by atoms with Crippen molar-refractivity contribution in [3.05, 3.63) is 64.2 Å². The topological polar surface area (TPSA) is 35.2 Å². The number of benzene rings is 2. The van der Waals surface area contributed by atoms with E-state index in [1.54, 1.807) is 0 Å². The molecule has 2 N–H and O–H groups in total. The summed E-state index contributed by atoms with van der Waals surface area (Å²) in [5.74, 6) is 0.814. The summed E-state index contributed by atoms with van der Waals surface area (Å²) in [6, 6.07) is 13.7. The number of hydrogen-bond acceptors (Lipinski definition) is 2. The predicted molar refractivity (Wildman–Crippen MR) is 79.6 cm³/mol. The molecule has 2 nitrogen and oxygen atoms in total. The molecule has 0 heterocycles. The molecule has 2 aromatic rings. The van der Waals surface area contributed by atoms with Gasteiger partial charge in [-0.15, -0.1) is 0 Å². The van der Waals surface area contributed by atoms with Crippen LogP contribution in [0.25, 0.3) is 0 Å². The highest BCUT2D eigenvalue weighted by atomic mass is 35.5. The Morgan fingerprint density at radius 3 is 2.63 bits per heavy atom. The normalized spacial score (nSPS) is 12.2. The van der Waals surface area contributed by atoms with E-state index < -0.39 is 0 Å². The van der Waals surface area contributed by atoms with Gasteiger partial charge in [-0.3, -0.25) is 0 Å². The second kappa shape index (κ2) is 6.09. The van der Waals surface area contributed by atoms with Gasteiger partial charge in [-0.05, 0) is 31.5 Å². The van der Waals surface area contributed by atoms with Crippen molar-refractivity contribution in [1.29, 1.82) is 0 Å². The molecule has 0 aliphatic heterocycles. The van der Waals surface area contributed by atoms with E-state index in [1.165, 1.54) is 0 Å². The lowest BCUT2D eigenvalue weighted by molar-refractivity contribution is 0.301. The zero-order chi connectivity index (χ0) is 13.8. The van der Waals surface area contributed by atoms with Gasteiger partial charge in [-0.25, -0.2) is 0 Å². The Balaban J connectivity index is 2.14. The van der Waals surface area contributed by atoms with Crippen LogP contribution in [-0.4, -0.2) is 0 Å². The van der Waals surface area contributed by atoms with Crippen molar-refractivity contribution in [3.8, 4) is 5.75 Å². The maximum atomic E-state index is 6.19. The molecule has 19 heavy (non-hydrogen) atoms. The number of nitrogens with two attached hydrogens (primary N) is 1. The van der Waals surface area contributed by atoms with E-state index in [2.05, 4.69) is 0 Å². The molecule has 0 aliphatic rings. The van der Waals surface area contributed by atoms with Gasteiger partial charge in [0.05, 0.1) is 0 Å². The molecule has 0 aromatic heterocycles. The van der Waals surface area contributed by atoms with Gasteiger partial charge in [-0.2, -0.15) is 0 Å². The van der Waals surface area contributed by atoms with Crippen molar-refractivity contribution in [2.45, 2.75) is 26.5 Å². The van der Waals surface area contributed by atoms with E-state index in [9.17, 15) is 0 Å². The number of rotatable bonds is 4. The molecule has 100 valence electrons. The Morgan fingerprint density at radius 1 is 1.21 bits per heavy atom. The highest BCUT2D eigenvalue weighted by Gasteiger charge is 2.08. The molecule has 2 rings (SSSR count). The van der Waals surface area contributed by atoms with E-state index in [-0.39, 0.29) is 6.04 Å². The number of hydrogen-bond donors (Lipinski definition) is 1. The fraction of sp³-hybridized carbons (Fsp3) is 0.250. The molecular formula is C16H18ClNO. The third-order valence-electron chi connectivity index (χ3n) is 3.00. The van der Waals surface area contributed by atoms with Gasteiger partial charge in [0.2, 0.25) is 0 Å². The van der Waals surface area contributed by atoms with E-state index in [4.69, 9.17) is 22.1 Å². The third kappa shape index (κ3) is 3.49. The largest absolute Gasteiger partial charge is 0.489 e. The average Bonchev–Trinajstić information content (AvgIpc) is 2.38. The number of aryl methyl sites for hydroxylation is 1. The van der Waals surface area contributed by atoms with Crippen LogP contribution in [0.3, 0.4) is 0 Å². The molecule has 0 spiro atoms. The molecule has 0 saturated carbocycles. The fourth-order valence-electron chi connectivity index (χ4n) is 1.91.